The summed E-state index contributed by atoms with van der Waals surface area (Å²) in [5, 5.41) is 4.70. The van der Waals surface area contributed by atoms with E-state index in [1.54, 1.807) is 13.4 Å². The van der Waals surface area contributed by atoms with Crippen molar-refractivity contribution in [2.45, 2.75) is 39.2 Å². The summed E-state index contributed by atoms with van der Waals surface area (Å²) in [7, 11) is 1.72. The minimum Gasteiger partial charge on any atom is -0.383 e. The maximum atomic E-state index is 5.19. The van der Waals surface area contributed by atoms with Crippen molar-refractivity contribution in [2.24, 2.45) is 5.92 Å². The molecule has 5 heteroatoms. The predicted molar refractivity (Wildman–Crippen MR) is 83.6 cm³/mol. The molecule has 108 valence electrons. The predicted octanol–water partition coefficient (Wildman–Crippen LogP) is 3.26. The standard InChI is InChI=1S/C15H21N3OS/c1-9-4-5-11-12(6-9)20-15-13(11)14(16-8-17-15)18-10(2)7-19-3/h8-10H,4-7H2,1-3H3,(H,16,17,18)/t9-,10-/m0/s1. The van der Waals surface area contributed by atoms with Crippen LogP contribution in [0.5, 0.6) is 0 Å². The minimum absolute atomic E-state index is 0.246. The fraction of sp³-hybridized carbons (Fsp3) is 0.600. The number of anilines is 1. The van der Waals surface area contributed by atoms with Crippen LogP contribution in [0.25, 0.3) is 10.2 Å². The highest BCUT2D eigenvalue weighted by atomic mass is 32.1. The third kappa shape index (κ3) is 2.52. The molecule has 2 aromatic heterocycles. The molecule has 0 unspecified atom stereocenters. The van der Waals surface area contributed by atoms with Gasteiger partial charge in [0.05, 0.1) is 12.0 Å². The molecule has 0 aromatic carbocycles. The Hall–Kier alpha value is -1.20. The van der Waals surface area contributed by atoms with Crippen molar-refractivity contribution in [3.63, 3.8) is 0 Å². The Morgan fingerprint density at radius 1 is 1.50 bits per heavy atom. The molecule has 1 aliphatic carbocycles. The van der Waals surface area contributed by atoms with E-state index in [2.05, 4.69) is 29.1 Å². The number of fused-ring (bicyclic) bond motifs is 3. The molecule has 1 aliphatic rings. The summed E-state index contributed by atoms with van der Waals surface area (Å²) >= 11 is 1.84. The van der Waals surface area contributed by atoms with E-state index in [4.69, 9.17) is 4.74 Å². The van der Waals surface area contributed by atoms with Crippen molar-refractivity contribution in [1.29, 1.82) is 0 Å². The summed E-state index contributed by atoms with van der Waals surface area (Å²) in [6.45, 7) is 5.12. The Kier molecular flexibility index (Phi) is 3.89. The molecule has 2 aromatic rings. The van der Waals surface area contributed by atoms with Gasteiger partial charge in [-0.3, -0.25) is 0 Å². The van der Waals surface area contributed by atoms with E-state index in [0.717, 1.165) is 23.0 Å². The van der Waals surface area contributed by atoms with Gasteiger partial charge in [-0.1, -0.05) is 6.92 Å². The van der Waals surface area contributed by atoms with Crippen LogP contribution in [0.3, 0.4) is 0 Å². The van der Waals surface area contributed by atoms with Crippen LogP contribution in [0.1, 0.15) is 30.7 Å². The molecule has 2 atom stereocenters. The molecule has 20 heavy (non-hydrogen) atoms. The number of nitrogens with zero attached hydrogens (tertiary/aromatic N) is 2. The highest BCUT2D eigenvalue weighted by Crippen LogP contribution is 2.39. The number of hydrogen-bond acceptors (Lipinski definition) is 5. The maximum Gasteiger partial charge on any atom is 0.138 e. The molecule has 0 aliphatic heterocycles. The smallest absolute Gasteiger partial charge is 0.138 e. The summed E-state index contributed by atoms with van der Waals surface area (Å²) in [5.41, 5.74) is 1.47. The van der Waals surface area contributed by atoms with Gasteiger partial charge in [0.1, 0.15) is 17.0 Å². The van der Waals surface area contributed by atoms with E-state index in [0.29, 0.717) is 6.61 Å². The normalized spacial score (nSPS) is 19.9. The third-order valence-corrected chi connectivity index (χ3v) is 5.05. The number of aromatic nitrogens is 2. The lowest BCUT2D eigenvalue weighted by Crippen LogP contribution is -2.21. The average Bonchev–Trinajstić information content (AvgIpc) is 2.77. The Bertz CT molecular complexity index is 610. The number of nitrogens with one attached hydrogen (secondary N) is 1. The molecule has 0 saturated heterocycles. The molecular weight excluding hydrogens is 270 g/mol. The van der Waals surface area contributed by atoms with Crippen molar-refractivity contribution >= 4 is 27.4 Å². The molecule has 0 spiro atoms. The Morgan fingerprint density at radius 3 is 3.15 bits per heavy atom. The topological polar surface area (TPSA) is 47.0 Å². The third-order valence-electron chi connectivity index (χ3n) is 3.89. The van der Waals surface area contributed by atoms with Crippen molar-refractivity contribution in [1.82, 2.24) is 9.97 Å². The zero-order valence-corrected chi connectivity index (χ0v) is 13.1. The van der Waals surface area contributed by atoms with E-state index < -0.39 is 0 Å². The van der Waals surface area contributed by atoms with Crippen molar-refractivity contribution < 1.29 is 4.74 Å². The zero-order chi connectivity index (χ0) is 14.1. The molecule has 0 saturated carbocycles. The SMILES string of the molecule is COC[C@H](C)Nc1ncnc2sc3c(c12)CC[C@H](C)C3. The highest BCUT2D eigenvalue weighted by molar-refractivity contribution is 7.19. The number of ether oxygens (including phenoxy) is 1. The quantitative estimate of drug-likeness (QED) is 0.939. The van der Waals surface area contributed by atoms with Gasteiger partial charge in [0.2, 0.25) is 0 Å². The molecule has 0 bridgehead atoms. The first-order valence-electron chi connectivity index (χ1n) is 7.19. The van der Waals surface area contributed by atoms with Gasteiger partial charge in [-0.05, 0) is 37.7 Å². The van der Waals surface area contributed by atoms with Crippen molar-refractivity contribution in [3.05, 3.63) is 16.8 Å². The van der Waals surface area contributed by atoms with Crippen molar-refractivity contribution in [2.75, 3.05) is 19.0 Å². The van der Waals surface area contributed by atoms with Gasteiger partial charge in [0.25, 0.3) is 0 Å². The first-order chi connectivity index (χ1) is 9.69. The lowest BCUT2D eigenvalue weighted by atomic mass is 9.89. The first-order valence-corrected chi connectivity index (χ1v) is 8.01. The highest BCUT2D eigenvalue weighted by Gasteiger charge is 2.23. The summed E-state index contributed by atoms with van der Waals surface area (Å²) in [5.74, 6) is 1.75. The van der Waals surface area contributed by atoms with Crippen LogP contribution >= 0.6 is 11.3 Å². The van der Waals surface area contributed by atoms with Crippen LogP contribution in [-0.2, 0) is 17.6 Å². The number of aryl methyl sites for hydroxylation is 1. The monoisotopic (exact) mass is 291 g/mol. The van der Waals surface area contributed by atoms with Gasteiger partial charge in [-0.2, -0.15) is 0 Å². The molecule has 0 fully saturated rings. The number of methoxy groups -OCH3 is 1. The van der Waals surface area contributed by atoms with E-state index in [1.165, 1.54) is 28.7 Å². The zero-order valence-electron chi connectivity index (χ0n) is 12.3. The lowest BCUT2D eigenvalue weighted by Gasteiger charge is -2.19. The van der Waals surface area contributed by atoms with Crippen LogP contribution in [0.15, 0.2) is 6.33 Å². The van der Waals surface area contributed by atoms with Gasteiger partial charge in [0.15, 0.2) is 0 Å². The molecule has 4 nitrogen and oxygen atoms in total. The van der Waals surface area contributed by atoms with Crippen LogP contribution in [0.2, 0.25) is 0 Å². The molecule has 2 heterocycles. The number of thiophene rings is 1. The molecular formula is C15H21N3OS. The minimum atomic E-state index is 0.246. The average molecular weight is 291 g/mol. The molecule has 1 N–H and O–H groups in total. The summed E-state index contributed by atoms with van der Waals surface area (Å²) in [6, 6.07) is 0.246. The summed E-state index contributed by atoms with van der Waals surface area (Å²) < 4.78 is 5.19. The van der Waals surface area contributed by atoms with E-state index >= 15 is 0 Å². The second-order valence-corrected chi connectivity index (χ2v) is 6.84. The number of rotatable bonds is 4. The van der Waals surface area contributed by atoms with Crippen molar-refractivity contribution in [3.8, 4) is 0 Å². The first kappa shape index (κ1) is 13.8. The second kappa shape index (κ2) is 5.66. The Labute approximate surface area is 123 Å². The Balaban J connectivity index is 2.00. The van der Waals surface area contributed by atoms with Crippen LogP contribution in [0, 0.1) is 5.92 Å². The summed E-state index contributed by atoms with van der Waals surface area (Å²) in [6.07, 6.45) is 5.26. The van der Waals surface area contributed by atoms with Gasteiger partial charge >= 0.3 is 0 Å². The lowest BCUT2D eigenvalue weighted by molar-refractivity contribution is 0.190. The van der Waals surface area contributed by atoms with Crippen LogP contribution in [0.4, 0.5) is 5.82 Å². The van der Waals surface area contributed by atoms with Crippen LogP contribution in [-0.4, -0.2) is 29.7 Å². The molecule has 3 rings (SSSR count). The number of hydrogen-bond donors (Lipinski definition) is 1. The Morgan fingerprint density at radius 2 is 2.35 bits per heavy atom. The fourth-order valence-corrected chi connectivity index (χ4v) is 4.26. The van der Waals surface area contributed by atoms with Gasteiger partial charge in [0, 0.05) is 18.0 Å². The van der Waals surface area contributed by atoms with Crippen LogP contribution < -0.4 is 5.32 Å². The van der Waals surface area contributed by atoms with E-state index in [1.807, 2.05) is 11.3 Å². The van der Waals surface area contributed by atoms with Gasteiger partial charge < -0.3 is 10.1 Å². The largest absolute Gasteiger partial charge is 0.383 e. The second-order valence-electron chi connectivity index (χ2n) is 5.75. The maximum absolute atomic E-state index is 5.19. The molecule has 0 radical (unpaired) electrons. The van der Waals surface area contributed by atoms with E-state index in [-0.39, 0.29) is 6.04 Å². The fourth-order valence-electron chi connectivity index (χ4n) is 2.91. The van der Waals surface area contributed by atoms with E-state index in [9.17, 15) is 0 Å². The van der Waals surface area contributed by atoms with Gasteiger partial charge in [-0.25, -0.2) is 9.97 Å². The molecule has 0 amide bonds. The summed E-state index contributed by atoms with van der Waals surface area (Å²) in [4.78, 5) is 11.5. The van der Waals surface area contributed by atoms with Gasteiger partial charge in [-0.15, -0.1) is 11.3 Å².